The van der Waals surface area contributed by atoms with Gasteiger partial charge in [0.05, 0.1) is 12.2 Å². The van der Waals surface area contributed by atoms with Gasteiger partial charge in [-0.05, 0) is 32.4 Å². The summed E-state index contributed by atoms with van der Waals surface area (Å²) in [6.45, 7) is 17.3. The summed E-state index contributed by atoms with van der Waals surface area (Å²) in [5.74, 6) is 0.258. The highest BCUT2D eigenvalue weighted by Gasteiger charge is 2.27. The van der Waals surface area contributed by atoms with Crippen molar-refractivity contribution < 1.29 is 15.0 Å². The molecule has 0 aromatic carbocycles. The van der Waals surface area contributed by atoms with Crippen LogP contribution in [0.5, 0.6) is 0 Å². The van der Waals surface area contributed by atoms with E-state index < -0.39 is 12.2 Å². The lowest BCUT2D eigenvalue weighted by Gasteiger charge is -2.31. The Balaban J connectivity index is 3.98. The molecule has 0 spiro atoms. The minimum Gasteiger partial charge on any atom is -0.390 e. The first-order valence-corrected chi connectivity index (χ1v) is 14.5. The van der Waals surface area contributed by atoms with Crippen LogP contribution in [-0.2, 0) is 4.79 Å². The Morgan fingerprint density at radius 3 is 1.53 bits per heavy atom. The Morgan fingerprint density at radius 1 is 0.647 bits per heavy atom. The minimum absolute atomic E-state index is 0.258. The van der Waals surface area contributed by atoms with Crippen molar-refractivity contribution in [1.82, 2.24) is 9.80 Å². The van der Waals surface area contributed by atoms with E-state index in [0.29, 0.717) is 6.42 Å². The third-order valence-corrected chi connectivity index (χ3v) is 6.98. The number of aliphatic hydroxyl groups excluding tert-OH is 2. The second kappa shape index (κ2) is 20.5. The van der Waals surface area contributed by atoms with Crippen molar-refractivity contribution in [3.8, 4) is 0 Å². The van der Waals surface area contributed by atoms with Gasteiger partial charge >= 0.3 is 0 Å². The zero-order valence-corrected chi connectivity index (χ0v) is 23.8. The van der Waals surface area contributed by atoms with Gasteiger partial charge in [-0.3, -0.25) is 4.79 Å². The summed E-state index contributed by atoms with van der Waals surface area (Å²) in [5.41, 5.74) is -0.330. The van der Waals surface area contributed by atoms with E-state index in [1.54, 1.807) is 0 Å². The SMILES string of the molecule is CCCCCCCCC(O)C(O)CCCCCCCCN(CCN(CC)CC)C(=O)C(C)(C)C. The van der Waals surface area contributed by atoms with Gasteiger partial charge in [0.15, 0.2) is 0 Å². The Hall–Kier alpha value is -0.650. The summed E-state index contributed by atoms with van der Waals surface area (Å²) in [6.07, 6.45) is 14.2. The molecule has 0 aliphatic carbocycles. The molecule has 34 heavy (non-hydrogen) atoms. The molecule has 0 bridgehead atoms. The average Bonchev–Trinajstić information content (AvgIpc) is 2.80. The van der Waals surface area contributed by atoms with E-state index in [-0.39, 0.29) is 11.3 Å². The number of aliphatic hydroxyl groups is 2. The van der Waals surface area contributed by atoms with E-state index in [4.69, 9.17) is 0 Å². The van der Waals surface area contributed by atoms with Crippen LogP contribution in [0.1, 0.15) is 131 Å². The van der Waals surface area contributed by atoms with E-state index in [1.165, 1.54) is 32.1 Å². The first kappa shape index (κ1) is 33.4. The molecule has 5 heteroatoms. The Bertz CT molecular complexity index is 474. The highest BCUT2D eigenvalue weighted by Crippen LogP contribution is 2.19. The molecule has 204 valence electrons. The molecule has 0 aromatic rings. The van der Waals surface area contributed by atoms with Gasteiger partial charge in [0.2, 0.25) is 5.91 Å². The number of hydrogen-bond donors (Lipinski definition) is 2. The zero-order valence-electron chi connectivity index (χ0n) is 23.8. The highest BCUT2D eigenvalue weighted by molar-refractivity contribution is 5.81. The zero-order chi connectivity index (χ0) is 25.8. The number of likely N-dealkylation sites (N-methyl/N-ethyl adjacent to an activating group) is 1. The van der Waals surface area contributed by atoms with Gasteiger partial charge < -0.3 is 20.0 Å². The third kappa shape index (κ3) is 16.9. The summed E-state index contributed by atoms with van der Waals surface area (Å²) in [4.78, 5) is 17.3. The molecule has 2 atom stereocenters. The Morgan fingerprint density at radius 2 is 1.09 bits per heavy atom. The molecule has 1 amide bonds. The number of nitrogens with zero attached hydrogens (tertiary/aromatic N) is 2. The van der Waals surface area contributed by atoms with Gasteiger partial charge in [0.1, 0.15) is 0 Å². The number of carbonyl (C=O) groups is 1. The normalized spacial score (nSPS) is 13.9. The largest absolute Gasteiger partial charge is 0.390 e. The first-order chi connectivity index (χ1) is 16.2. The molecule has 0 saturated heterocycles. The van der Waals surface area contributed by atoms with Crippen LogP contribution in [0.25, 0.3) is 0 Å². The second-order valence-electron chi connectivity index (χ2n) is 11.2. The molecule has 0 radical (unpaired) electrons. The van der Waals surface area contributed by atoms with E-state index in [9.17, 15) is 15.0 Å². The van der Waals surface area contributed by atoms with E-state index in [2.05, 4.69) is 30.6 Å². The molecular weight excluding hydrogens is 424 g/mol. The van der Waals surface area contributed by atoms with E-state index in [1.807, 2.05) is 20.8 Å². The number of hydrogen-bond acceptors (Lipinski definition) is 4. The van der Waals surface area contributed by atoms with Crippen molar-refractivity contribution in [2.24, 2.45) is 5.41 Å². The molecule has 0 fully saturated rings. The van der Waals surface area contributed by atoms with Crippen LogP contribution < -0.4 is 0 Å². The second-order valence-corrected chi connectivity index (χ2v) is 11.2. The molecule has 5 nitrogen and oxygen atoms in total. The monoisotopic (exact) mass is 484 g/mol. The van der Waals surface area contributed by atoms with Crippen molar-refractivity contribution in [3.05, 3.63) is 0 Å². The quantitative estimate of drug-likeness (QED) is 0.174. The molecule has 2 N–H and O–H groups in total. The molecule has 2 unspecified atom stereocenters. The number of unbranched alkanes of at least 4 members (excludes halogenated alkanes) is 10. The molecule has 0 aromatic heterocycles. The van der Waals surface area contributed by atoms with Gasteiger partial charge in [-0.15, -0.1) is 0 Å². The number of carbonyl (C=O) groups excluding carboxylic acids is 1. The maximum atomic E-state index is 12.9. The smallest absolute Gasteiger partial charge is 0.227 e. The molecule has 0 saturated carbocycles. The van der Waals surface area contributed by atoms with Crippen LogP contribution in [0.4, 0.5) is 0 Å². The fraction of sp³-hybridized carbons (Fsp3) is 0.966. The number of rotatable bonds is 22. The van der Waals surface area contributed by atoms with Crippen LogP contribution in [0.15, 0.2) is 0 Å². The van der Waals surface area contributed by atoms with E-state index >= 15 is 0 Å². The van der Waals surface area contributed by atoms with Gasteiger partial charge in [-0.1, -0.05) is 112 Å². The lowest BCUT2D eigenvalue weighted by molar-refractivity contribution is -0.139. The standard InChI is InChI=1S/C29H60N2O3/c1-7-10-11-12-15-18-21-26(32)27(33)22-19-16-13-14-17-20-23-31(28(34)29(4,5)6)25-24-30(8-2)9-3/h26-27,32-33H,7-25H2,1-6H3. The van der Waals surface area contributed by atoms with Gasteiger partial charge in [-0.2, -0.15) is 0 Å². The topological polar surface area (TPSA) is 64.0 Å². The average molecular weight is 485 g/mol. The molecule has 0 aliphatic rings. The maximum absolute atomic E-state index is 12.9. The van der Waals surface area contributed by atoms with Crippen LogP contribution in [-0.4, -0.2) is 70.9 Å². The molecule has 0 heterocycles. The molecule has 0 rings (SSSR count). The van der Waals surface area contributed by atoms with Crippen molar-refractivity contribution in [2.45, 2.75) is 144 Å². The van der Waals surface area contributed by atoms with Crippen molar-refractivity contribution in [1.29, 1.82) is 0 Å². The summed E-state index contributed by atoms with van der Waals surface area (Å²) in [7, 11) is 0. The van der Waals surface area contributed by atoms with Crippen LogP contribution in [0.2, 0.25) is 0 Å². The molecular formula is C29H60N2O3. The maximum Gasteiger partial charge on any atom is 0.227 e. The first-order valence-electron chi connectivity index (χ1n) is 14.5. The van der Waals surface area contributed by atoms with Crippen LogP contribution in [0.3, 0.4) is 0 Å². The third-order valence-electron chi connectivity index (χ3n) is 6.98. The summed E-state index contributed by atoms with van der Waals surface area (Å²) >= 11 is 0. The number of amides is 1. The predicted molar refractivity (Wildman–Crippen MR) is 146 cm³/mol. The summed E-state index contributed by atoms with van der Waals surface area (Å²) < 4.78 is 0. The Kier molecular flexibility index (Phi) is 20.1. The lowest BCUT2D eigenvalue weighted by Crippen LogP contribution is -2.44. The van der Waals surface area contributed by atoms with Crippen molar-refractivity contribution in [2.75, 3.05) is 32.7 Å². The van der Waals surface area contributed by atoms with Crippen molar-refractivity contribution >= 4 is 5.91 Å². The van der Waals surface area contributed by atoms with Crippen LogP contribution in [0, 0.1) is 5.41 Å². The predicted octanol–water partition coefficient (Wildman–Crippen LogP) is 6.41. The van der Waals surface area contributed by atoms with Crippen molar-refractivity contribution in [3.63, 3.8) is 0 Å². The van der Waals surface area contributed by atoms with Gasteiger partial charge in [0.25, 0.3) is 0 Å². The summed E-state index contributed by atoms with van der Waals surface area (Å²) in [6, 6.07) is 0. The Labute approximate surface area is 212 Å². The highest BCUT2D eigenvalue weighted by atomic mass is 16.3. The van der Waals surface area contributed by atoms with Gasteiger partial charge in [0, 0.05) is 25.0 Å². The summed E-state index contributed by atoms with van der Waals surface area (Å²) in [5, 5.41) is 20.4. The van der Waals surface area contributed by atoms with Gasteiger partial charge in [-0.25, -0.2) is 0 Å². The fourth-order valence-corrected chi connectivity index (χ4v) is 4.47. The lowest BCUT2D eigenvalue weighted by atomic mass is 9.94. The minimum atomic E-state index is -0.571. The molecule has 0 aliphatic heterocycles. The van der Waals surface area contributed by atoms with Crippen LogP contribution >= 0.6 is 0 Å². The fourth-order valence-electron chi connectivity index (χ4n) is 4.47. The van der Waals surface area contributed by atoms with E-state index in [0.717, 1.165) is 84.1 Å².